The summed E-state index contributed by atoms with van der Waals surface area (Å²) in [6, 6.07) is 22.8. The third-order valence-corrected chi connectivity index (χ3v) is 6.30. The molecule has 0 saturated heterocycles. The standard InChI is InChI=1S/C28H20F2N4O3S/c29-28(30)38-23-9-7-21(8-10-23)32-27(35)19(16-31)14-20-17-34(22-4-2-1-3-5-22)33-26(20)18-6-11-24-25(15-18)37-13-12-36-24/h1-11,14-15,17,28H,12-13H2,(H,32,35). The van der Waals surface area contributed by atoms with Gasteiger partial charge >= 0.3 is 0 Å². The van der Waals surface area contributed by atoms with Crippen molar-refractivity contribution < 1.29 is 23.0 Å². The van der Waals surface area contributed by atoms with Crippen molar-refractivity contribution in [3.63, 3.8) is 0 Å². The van der Waals surface area contributed by atoms with Gasteiger partial charge in [-0.3, -0.25) is 4.79 Å². The molecule has 38 heavy (non-hydrogen) atoms. The van der Waals surface area contributed by atoms with E-state index in [0.717, 1.165) is 11.3 Å². The van der Waals surface area contributed by atoms with Gasteiger partial charge in [0.1, 0.15) is 30.6 Å². The second-order valence-corrected chi connectivity index (χ2v) is 9.16. The minimum absolute atomic E-state index is 0.151. The van der Waals surface area contributed by atoms with E-state index in [1.165, 1.54) is 30.3 Å². The number of aromatic nitrogens is 2. The van der Waals surface area contributed by atoms with Gasteiger partial charge in [0.05, 0.1) is 5.69 Å². The van der Waals surface area contributed by atoms with Gasteiger partial charge in [0.25, 0.3) is 11.7 Å². The fourth-order valence-electron chi connectivity index (χ4n) is 3.84. The lowest BCUT2D eigenvalue weighted by Gasteiger charge is -2.18. The monoisotopic (exact) mass is 530 g/mol. The van der Waals surface area contributed by atoms with Crippen molar-refractivity contribution in [2.45, 2.75) is 10.7 Å². The van der Waals surface area contributed by atoms with E-state index in [9.17, 15) is 18.8 Å². The Morgan fingerprint density at radius 2 is 1.79 bits per heavy atom. The van der Waals surface area contributed by atoms with E-state index >= 15 is 0 Å². The van der Waals surface area contributed by atoms with Crippen molar-refractivity contribution >= 4 is 29.4 Å². The van der Waals surface area contributed by atoms with Gasteiger partial charge in [-0.25, -0.2) is 4.68 Å². The number of ether oxygens (including phenoxy) is 2. The molecule has 1 aliphatic heterocycles. The molecule has 1 amide bonds. The number of para-hydroxylation sites is 1. The molecule has 1 N–H and O–H groups in total. The van der Waals surface area contributed by atoms with Gasteiger partial charge in [-0.05, 0) is 60.7 Å². The number of fused-ring (bicyclic) bond motifs is 1. The number of anilines is 1. The Hall–Kier alpha value is -4.62. The zero-order valence-corrected chi connectivity index (χ0v) is 20.6. The van der Waals surface area contributed by atoms with Gasteiger partial charge in [-0.1, -0.05) is 30.0 Å². The summed E-state index contributed by atoms with van der Waals surface area (Å²) in [5.41, 5.74) is 2.83. The molecule has 10 heteroatoms. The number of benzene rings is 3. The molecule has 4 aromatic rings. The zero-order chi connectivity index (χ0) is 26.5. The highest BCUT2D eigenvalue weighted by atomic mass is 32.2. The van der Waals surface area contributed by atoms with E-state index in [1.807, 2.05) is 48.5 Å². The molecule has 0 radical (unpaired) electrons. The van der Waals surface area contributed by atoms with Crippen LogP contribution >= 0.6 is 11.8 Å². The molecule has 0 bridgehead atoms. The van der Waals surface area contributed by atoms with Crippen molar-refractivity contribution in [1.29, 1.82) is 5.26 Å². The van der Waals surface area contributed by atoms with Crippen molar-refractivity contribution in [3.05, 3.63) is 90.1 Å². The number of carbonyl (C=O) groups is 1. The number of nitrogens with one attached hydrogen (secondary N) is 1. The molecule has 0 saturated carbocycles. The summed E-state index contributed by atoms with van der Waals surface area (Å²) in [7, 11) is 0. The van der Waals surface area contributed by atoms with Crippen molar-refractivity contribution in [3.8, 4) is 34.5 Å². The van der Waals surface area contributed by atoms with Gasteiger partial charge in [0, 0.05) is 27.9 Å². The summed E-state index contributed by atoms with van der Waals surface area (Å²) in [4.78, 5) is 13.3. The molecule has 7 nitrogen and oxygen atoms in total. The zero-order valence-electron chi connectivity index (χ0n) is 19.8. The molecule has 0 aliphatic carbocycles. The van der Waals surface area contributed by atoms with Crippen LogP contribution in [0.2, 0.25) is 0 Å². The maximum Gasteiger partial charge on any atom is 0.288 e. The summed E-state index contributed by atoms with van der Waals surface area (Å²) in [6.45, 7) is 0.902. The number of rotatable bonds is 7. The van der Waals surface area contributed by atoms with Crippen LogP contribution in [-0.2, 0) is 4.79 Å². The summed E-state index contributed by atoms with van der Waals surface area (Å²) >= 11 is 0.411. The number of hydrogen-bond acceptors (Lipinski definition) is 6. The quantitative estimate of drug-likeness (QED) is 0.175. The number of nitrogens with zero attached hydrogens (tertiary/aromatic N) is 3. The lowest BCUT2D eigenvalue weighted by molar-refractivity contribution is -0.112. The smallest absolute Gasteiger partial charge is 0.288 e. The Labute approximate surface area is 221 Å². The third-order valence-electron chi connectivity index (χ3n) is 5.58. The molecule has 3 aromatic carbocycles. The largest absolute Gasteiger partial charge is 0.486 e. The van der Waals surface area contributed by atoms with Crippen LogP contribution in [0.5, 0.6) is 11.5 Å². The van der Waals surface area contributed by atoms with E-state index < -0.39 is 11.7 Å². The average Bonchev–Trinajstić information content (AvgIpc) is 3.36. The van der Waals surface area contributed by atoms with Gasteiger partial charge in [0.2, 0.25) is 0 Å². The molecule has 190 valence electrons. The van der Waals surface area contributed by atoms with Gasteiger partial charge < -0.3 is 14.8 Å². The number of halogens is 2. The number of hydrogen-bond donors (Lipinski definition) is 1. The first-order valence-corrected chi connectivity index (χ1v) is 12.4. The molecule has 0 spiro atoms. The van der Waals surface area contributed by atoms with E-state index in [2.05, 4.69) is 5.32 Å². The minimum atomic E-state index is -2.54. The Balaban J connectivity index is 1.48. The fourth-order valence-corrected chi connectivity index (χ4v) is 4.34. The number of thioether (sulfide) groups is 1. The number of amides is 1. The van der Waals surface area contributed by atoms with E-state index in [4.69, 9.17) is 14.6 Å². The second-order valence-electron chi connectivity index (χ2n) is 8.10. The van der Waals surface area contributed by atoms with Crippen molar-refractivity contribution in [2.75, 3.05) is 18.5 Å². The number of alkyl halides is 2. The first-order chi connectivity index (χ1) is 18.5. The van der Waals surface area contributed by atoms with Crippen molar-refractivity contribution in [2.24, 2.45) is 0 Å². The van der Waals surface area contributed by atoms with Gasteiger partial charge in [-0.15, -0.1) is 0 Å². The van der Waals surface area contributed by atoms with E-state index in [0.29, 0.717) is 58.3 Å². The minimum Gasteiger partial charge on any atom is -0.486 e. The molecule has 0 atom stereocenters. The fraction of sp³-hybridized carbons (Fsp3) is 0.107. The second kappa shape index (κ2) is 11.2. The van der Waals surface area contributed by atoms with Crippen molar-refractivity contribution in [1.82, 2.24) is 9.78 Å². The summed E-state index contributed by atoms with van der Waals surface area (Å²) in [5, 5.41) is 17.2. The van der Waals surface area contributed by atoms with Crippen LogP contribution in [0, 0.1) is 11.3 Å². The third kappa shape index (κ3) is 5.68. The van der Waals surface area contributed by atoms with Gasteiger partial charge in [-0.2, -0.15) is 19.1 Å². The van der Waals surface area contributed by atoms with E-state index in [-0.39, 0.29) is 5.57 Å². The molecule has 0 unspecified atom stereocenters. The molecule has 1 aromatic heterocycles. The number of carbonyl (C=O) groups excluding carboxylic acids is 1. The van der Waals surface area contributed by atoms with E-state index in [1.54, 1.807) is 16.9 Å². The Morgan fingerprint density at radius 1 is 1.05 bits per heavy atom. The number of nitriles is 1. The normalized spacial score (nSPS) is 12.7. The highest BCUT2D eigenvalue weighted by Crippen LogP contribution is 2.36. The Morgan fingerprint density at radius 3 is 2.50 bits per heavy atom. The van der Waals surface area contributed by atoms with Crippen LogP contribution in [0.1, 0.15) is 5.56 Å². The maximum atomic E-state index is 12.9. The molecular weight excluding hydrogens is 510 g/mol. The lowest BCUT2D eigenvalue weighted by atomic mass is 10.0. The topological polar surface area (TPSA) is 89.2 Å². The first kappa shape index (κ1) is 25.0. The van der Waals surface area contributed by atoms with Crippen LogP contribution < -0.4 is 14.8 Å². The molecule has 5 rings (SSSR count). The summed E-state index contributed by atoms with van der Waals surface area (Å²) in [5.74, 6) is -1.95. The predicted octanol–water partition coefficient (Wildman–Crippen LogP) is 6.17. The predicted molar refractivity (Wildman–Crippen MR) is 141 cm³/mol. The van der Waals surface area contributed by atoms with Crippen LogP contribution in [0.4, 0.5) is 14.5 Å². The first-order valence-electron chi connectivity index (χ1n) is 11.5. The average molecular weight is 531 g/mol. The lowest BCUT2D eigenvalue weighted by Crippen LogP contribution is -2.15. The highest BCUT2D eigenvalue weighted by molar-refractivity contribution is 7.99. The molecule has 0 fully saturated rings. The molecular formula is C28H20F2N4O3S. The Kier molecular flexibility index (Phi) is 7.38. The van der Waals surface area contributed by atoms with Crippen LogP contribution in [0.25, 0.3) is 23.0 Å². The van der Waals surface area contributed by atoms with Crippen LogP contribution in [-0.4, -0.2) is 34.7 Å². The molecule has 2 heterocycles. The van der Waals surface area contributed by atoms with Crippen LogP contribution in [0.3, 0.4) is 0 Å². The van der Waals surface area contributed by atoms with Crippen LogP contribution in [0.15, 0.2) is 89.5 Å². The van der Waals surface area contributed by atoms with Gasteiger partial charge in [0.15, 0.2) is 11.5 Å². The molecule has 1 aliphatic rings. The Bertz CT molecular complexity index is 1530. The summed E-state index contributed by atoms with van der Waals surface area (Å²) in [6.07, 6.45) is 3.21. The SMILES string of the molecule is N#CC(=Cc1cn(-c2ccccc2)nc1-c1ccc2c(c1)OCCO2)C(=O)Nc1ccc(SC(F)F)cc1. The maximum absolute atomic E-state index is 12.9. The highest BCUT2D eigenvalue weighted by Gasteiger charge is 2.18. The summed E-state index contributed by atoms with van der Waals surface area (Å²) < 4.78 is 38.1.